The highest BCUT2D eigenvalue weighted by Gasteiger charge is 2.43. The minimum atomic E-state index is -0.114. The van der Waals surface area contributed by atoms with Gasteiger partial charge in [-0.3, -0.25) is 0 Å². The van der Waals surface area contributed by atoms with Crippen molar-refractivity contribution in [2.75, 3.05) is 6.61 Å². The van der Waals surface area contributed by atoms with Crippen molar-refractivity contribution in [3.8, 4) is 0 Å². The van der Waals surface area contributed by atoms with Crippen molar-refractivity contribution >= 4 is 0 Å². The first kappa shape index (κ1) is 14.0. The highest BCUT2D eigenvalue weighted by Crippen LogP contribution is 2.40. The molecule has 0 spiro atoms. The van der Waals surface area contributed by atoms with Crippen LogP contribution in [0.2, 0.25) is 0 Å². The molecule has 2 aliphatic rings. The number of nitrogens with one attached hydrogen (secondary N) is 1. The molecule has 3 heterocycles. The number of nitrogens with zero attached hydrogens (tertiary/aromatic N) is 2. The fraction of sp³-hybridized carbons (Fsp3) is 0.867. The third kappa shape index (κ3) is 2.49. The lowest BCUT2D eigenvalue weighted by molar-refractivity contribution is -0.0203. The van der Waals surface area contributed by atoms with Gasteiger partial charge in [-0.05, 0) is 31.6 Å². The highest BCUT2D eigenvalue weighted by molar-refractivity contribution is 5.11. The van der Waals surface area contributed by atoms with E-state index in [2.05, 4.69) is 36.2 Å². The van der Waals surface area contributed by atoms with E-state index < -0.39 is 0 Å². The van der Waals surface area contributed by atoms with E-state index in [1.807, 2.05) is 6.92 Å². The Morgan fingerprint density at radius 2 is 2.20 bits per heavy atom. The van der Waals surface area contributed by atoms with Gasteiger partial charge in [0.1, 0.15) is 6.10 Å². The number of fused-ring (bicyclic) bond motifs is 2. The van der Waals surface area contributed by atoms with E-state index in [1.165, 1.54) is 12.8 Å². The molecular formula is C15H25N3O2. The Balaban J connectivity index is 1.78. The Morgan fingerprint density at radius 3 is 2.75 bits per heavy atom. The van der Waals surface area contributed by atoms with Crippen LogP contribution in [0.4, 0.5) is 0 Å². The van der Waals surface area contributed by atoms with Crippen molar-refractivity contribution in [3.05, 3.63) is 11.7 Å². The fourth-order valence-corrected chi connectivity index (χ4v) is 3.48. The molecule has 2 bridgehead atoms. The number of rotatable bonds is 4. The van der Waals surface area contributed by atoms with Crippen LogP contribution in [-0.2, 0) is 4.74 Å². The SMILES string of the molecule is CCOC(c1noc(C2CC3CCC2N3)n1)C(C)(C)C. The second-order valence-electron chi connectivity index (χ2n) is 7.08. The molecule has 0 radical (unpaired) electrons. The summed E-state index contributed by atoms with van der Waals surface area (Å²) in [6.45, 7) is 9.08. The zero-order valence-electron chi connectivity index (χ0n) is 12.8. The van der Waals surface area contributed by atoms with E-state index in [-0.39, 0.29) is 11.5 Å². The van der Waals surface area contributed by atoms with E-state index >= 15 is 0 Å². The molecule has 1 N–H and O–H groups in total. The van der Waals surface area contributed by atoms with Crippen molar-refractivity contribution in [3.63, 3.8) is 0 Å². The van der Waals surface area contributed by atoms with Crippen LogP contribution in [0.15, 0.2) is 4.52 Å². The molecule has 4 atom stereocenters. The largest absolute Gasteiger partial charge is 0.370 e. The summed E-state index contributed by atoms with van der Waals surface area (Å²) in [5.41, 5.74) is -0.0376. The Labute approximate surface area is 120 Å². The molecule has 2 aliphatic heterocycles. The van der Waals surface area contributed by atoms with Crippen LogP contribution in [0.3, 0.4) is 0 Å². The summed E-state index contributed by atoms with van der Waals surface area (Å²) in [6, 6.07) is 1.17. The van der Waals surface area contributed by atoms with E-state index in [1.54, 1.807) is 0 Å². The van der Waals surface area contributed by atoms with Crippen molar-refractivity contribution in [2.24, 2.45) is 5.41 Å². The minimum Gasteiger partial charge on any atom is -0.370 e. The lowest BCUT2D eigenvalue weighted by atomic mass is 9.88. The average Bonchev–Trinajstić information content (AvgIpc) is 3.09. The Morgan fingerprint density at radius 1 is 1.40 bits per heavy atom. The third-order valence-electron chi connectivity index (χ3n) is 4.43. The standard InChI is InChI=1S/C15H25N3O2/c1-5-19-12(15(2,3)4)13-17-14(20-18-13)10-8-9-6-7-11(10)16-9/h9-12,16H,5-8H2,1-4H3. The second-order valence-corrected chi connectivity index (χ2v) is 7.08. The number of hydrogen-bond donors (Lipinski definition) is 1. The maximum absolute atomic E-state index is 5.83. The van der Waals surface area contributed by atoms with E-state index in [0.29, 0.717) is 30.4 Å². The molecule has 5 nitrogen and oxygen atoms in total. The average molecular weight is 279 g/mol. The monoisotopic (exact) mass is 279 g/mol. The molecule has 2 fully saturated rings. The van der Waals surface area contributed by atoms with Crippen LogP contribution in [0.25, 0.3) is 0 Å². The topological polar surface area (TPSA) is 60.2 Å². The van der Waals surface area contributed by atoms with Gasteiger partial charge in [-0.15, -0.1) is 0 Å². The van der Waals surface area contributed by atoms with Crippen LogP contribution >= 0.6 is 0 Å². The van der Waals surface area contributed by atoms with Gasteiger partial charge in [-0.2, -0.15) is 4.98 Å². The van der Waals surface area contributed by atoms with Crippen LogP contribution < -0.4 is 5.32 Å². The summed E-state index contributed by atoms with van der Waals surface area (Å²) in [6.07, 6.45) is 3.52. The van der Waals surface area contributed by atoms with Crippen molar-refractivity contribution in [1.29, 1.82) is 0 Å². The van der Waals surface area contributed by atoms with Gasteiger partial charge in [0, 0.05) is 18.7 Å². The molecule has 20 heavy (non-hydrogen) atoms. The number of hydrogen-bond acceptors (Lipinski definition) is 5. The first-order valence-electron chi connectivity index (χ1n) is 7.70. The van der Waals surface area contributed by atoms with Crippen molar-refractivity contribution in [2.45, 2.75) is 71.1 Å². The maximum atomic E-state index is 5.83. The molecule has 4 unspecified atom stereocenters. The molecule has 3 rings (SSSR count). The smallest absolute Gasteiger partial charge is 0.231 e. The molecule has 5 heteroatoms. The van der Waals surface area contributed by atoms with E-state index in [4.69, 9.17) is 9.26 Å². The predicted octanol–water partition coefficient (Wildman–Crippen LogP) is 2.80. The molecule has 0 amide bonds. The van der Waals surface area contributed by atoms with Crippen LogP contribution in [0.5, 0.6) is 0 Å². The van der Waals surface area contributed by atoms with Gasteiger partial charge in [0.2, 0.25) is 11.7 Å². The van der Waals surface area contributed by atoms with Crippen LogP contribution in [-0.4, -0.2) is 28.8 Å². The number of aromatic nitrogens is 2. The molecule has 1 aromatic heterocycles. The van der Waals surface area contributed by atoms with Gasteiger partial charge >= 0.3 is 0 Å². The maximum Gasteiger partial charge on any atom is 0.231 e. The molecule has 0 saturated carbocycles. The third-order valence-corrected chi connectivity index (χ3v) is 4.43. The first-order valence-corrected chi connectivity index (χ1v) is 7.70. The van der Waals surface area contributed by atoms with Gasteiger partial charge in [0.25, 0.3) is 0 Å². The molecule has 1 aromatic rings. The van der Waals surface area contributed by atoms with Gasteiger partial charge < -0.3 is 14.6 Å². The Kier molecular flexibility index (Phi) is 3.58. The normalized spacial score (nSPS) is 30.9. The molecule has 0 aliphatic carbocycles. The minimum absolute atomic E-state index is 0.0376. The van der Waals surface area contributed by atoms with Gasteiger partial charge in [-0.25, -0.2) is 0 Å². The Hall–Kier alpha value is -0.940. The summed E-state index contributed by atoms with van der Waals surface area (Å²) in [5.74, 6) is 1.86. The quantitative estimate of drug-likeness (QED) is 0.918. The summed E-state index contributed by atoms with van der Waals surface area (Å²) in [4.78, 5) is 4.65. The Bertz CT molecular complexity index is 466. The van der Waals surface area contributed by atoms with Gasteiger partial charge in [-0.1, -0.05) is 25.9 Å². The van der Waals surface area contributed by atoms with Crippen molar-refractivity contribution < 1.29 is 9.26 Å². The molecule has 2 saturated heterocycles. The fourth-order valence-electron chi connectivity index (χ4n) is 3.48. The zero-order chi connectivity index (χ0) is 14.3. The first-order chi connectivity index (χ1) is 9.49. The second kappa shape index (κ2) is 5.11. The highest BCUT2D eigenvalue weighted by atomic mass is 16.5. The molecule has 0 aromatic carbocycles. The van der Waals surface area contributed by atoms with Crippen LogP contribution in [0, 0.1) is 5.41 Å². The van der Waals surface area contributed by atoms with Crippen LogP contribution in [0.1, 0.15) is 70.7 Å². The molecule has 112 valence electrons. The van der Waals surface area contributed by atoms with E-state index in [9.17, 15) is 0 Å². The lowest BCUT2D eigenvalue weighted by Gasteiger charge is -2.27. The summed E-state index contributed by atoms with van der Waals surface area (Å²) >= 11 is 0. The van der Waals surface area contributed by atoms with Crippen molar-refractivity contribution in [1.82, 2.24) is 15.5 Å². The van der Waals surface area contributed by atoms with E-state index in [0.717, 1.165) is 12.3 Å². The predicted molar refractivity (Wildman–Crippen MR) is 75.4 cm³/mol. The van der Waals surface area contributed by atoms with Gasteiger partial charge in [0.15, 0.2) is 0 Å². The van der Waals surface area contributed by atoms with Gasteiger partial charge in [0.05, 0.1) is 5.92 Å². The lowest BCUT2D eigenvalue weighted by Crippen LogP contribution is -2.23. The summed E-state index contributed by atoms with van der Waals surface area (Å²) in [5, 5.41) is 7.80. The molecular weight excluding hydrogens is 254 g/mol. The zero-order valence-corrected chi connectivity index (χ0v) is 12.8. The summed E-state index contributed by atoms with van der Waals surface area (Å²) < 4.78 is 11.4. The summed E-state index contributed by atoms with van der Waals surface area (Å²) in [7, 11) is 0. The number of ether oxygens (including phenoxy) is 1.